The number of benzene rings is 4. The average molecular weight is 535 g/mol. The first-order valence-electron chi connectivity index (χ1n) is 10.1. The molecule has 0 bridgehead atoms. The van der Waals surface area contributed by atoms with Gasteiger partial charge in [-0.25, -0.2) is 0 Å². The maximum atomic E-state index is 3.78. The summed E-state index contributed by atoms with van der Waals surface area (Å²) in [5.41, 5.74) is 2.63. The van der Waals surface area contributed by atoms with E-state index in [-0.39, 0.29) is 0 Å². The standard InChI is InChI=1S/C26H21Br2NSi/c1-2-29-23-15-13-19(27)17-25(23)30(21-9-5-3-6-10-21,22-11-7-4-8-12-22)26-18-20(28)14-16-24(26)29/h3-18H,2H2,1H3. The van der Waals surface area contributed by atoms with Gasteiger partial charge in [0.15, 0.2) is 8.07 Å². The van der Waals surface area contributed by atoms with E-state index in [0.717, 1.165) is 15.5 Å². The van der Waals surface area contributed by atoms with Crippen molar-refractivity contribution in [1.29, 1.82) is 0 Å². The molecule has 1 aliphatic rings. The molecule has 0 saturated heterocycles. The summed E-state index contributed by atoms with van der Waals surface area (Å²) >= 11 is 7.56. The number of hydrogen-bond donors (Lipinski definition) is 0. The molecule has 0 aromatic heterocycles. The van der Waals surface area contributed by atoms with Crippen molar-refractivity contribution < 1.29 is 0 Å². The monoisotopic (exact) mass is 533 g/mol. The zero-order valence-electron chi connectivity index (χ0n) is 16.6. The van der Waals surface area contributed by atoms with Gasteiger partial charge in [-0.15, -0.1) is 0 Å². The fourth-order valence-electron chi connectivity index (χ4n) is 4.87. The predicted molar refractivity (Wildman–Crippen MR) is 138 cm³/mol. The summed E-state index contributed by atoms with van der Waals surface area (Å²) in [5, 5.41) is 5.68. The van der Waals surface area contributed by atoms with Crippen LogP contribution in [0.1, 0.15) is 6.92 Å². The maximum absolute atomic E-state index is 3.78. The minimum Gasteiger partial charge on any atom is -0.342 e. The Labute approximate surface area is 195 Å². The molecular formula is C26H21Br2NSi. The fraction of sp³-hybridized carbons (Fsp3) is 0.0769. The largest absolute Gasteiger partial charge is 0.342 e. The van der Waals surface area contributed by atoms with Crippen LogP contribution in [0.15, 0.2) is 106 Å². The van der Waals surface area contributed by atoms with E-state index in [9.17, 15) is 0 Å². The second-order valence-corrected chi connectivity index (χ2v) is 13.1. The first-order valence-corrected chi connectivity index (χ1v) is 13.7. The van der Waals surface area contributed by atoms with Crippen molar-refractivity contribution in [2.45, 2.75) is 6.92 Å². The molecule has 148 valence electrons. The van der Waals surface area contributed by atoms with Gasteiger partial charge in [0.2, 0.25) is 0 Å². The highest BCUT2D eigenvalue weighted by Crippen LogP contribution is 2.33. The van der Waals surface area contributed by atoms with Crippen LogP contribution in [0.5, 0.6) is 0 Å². The molecule has 0 atom stereocenters. The van der Waals surface area contributed by atoms with E-state index in [0.29, 0.717) is 0 Å². The topological polar surface area (TPSA) is 3.24 Å². The highest BCUT2D eigenvalue weighted by atomic mass is 79.9. The summed E-state index contributed by atoms with van der Waals surface area (Å²) in [6.07, 6.45) is 0. The molecule has 0 spiro atoms. The van der Waals surface area contributed by atoms with Crippen LogP contribution < -0.4 is 25.6 Å². The third-order valence-electron chi connectivity index (χ3n) is 6.04. The van der Waals surface area contributed by atoms with Crippen molar-refractivity contribution >= 4 is 72.1 Å². The van der Waals surface area contributed by atoms with Gasteiger partial charge in [0.05, 0.1) is 0 Å². The number of rotatable bonds is 3. The van der Waals surface area contributed by atoms with Crippen molar-refractivity contribution in [1.82, 2.24) is 0 Å². The smallest absolute Gasteiger partial charge is 0.184 e. The number of hydrogen-bond acceptors (Lipinski definition) is 1. The molecule has 0 saturated carbocycles. The average Bonchev–Trinajstić information content (AvgIpc) is 2.79. The van der Waals surface area contributed by atoms with Crippen LogP contribution in [0, 0.1) is 0 Å². The highest BCUT2D eigenvalue weighted by Gasteiger charge is 2.48. The lowest BCUT2D eigenvalue weighted by molar-refractivity contribution is 1.03. The molecule has 0 amide bonds. The number of nitrogens with zero attached hydrogens (tertiary/aromatic N) is 1. The molecule has 30 heavy (non-hydrogen) atoms. The van der Waals surface area contributed by atoms with Gasteiger partial charge in [-0.3, -0.25) is 0 Å². The minimum atomic E-state index is -2.50. The van der Waals surface area contributed by atoms with Crippen molar-refractivity contribution in [2.24, 2.45) is 0 Å². The van der Waals surface area contributed by atoms with Gasteiger partial charge in [0.25, 0.3) is 0 Å². The quantitative estimate of drug-likeness (QED) is 0.332. The molecule has 4 aromatic carbocycles. The van der Waals surface area contributed by atoms with Crippen molar-refractivity contribution in [3.05, 3.63) is 106 Å². The third kappa shape index (κ3) is 2.93. The lowest BCUT2D eigenvalue weighted by Crippen LogP contribution is -2.77. The summed E-state index contributed by atoms with van der Waals surface area (Å²) in [5.74, 6) is 0. The summed E-state index contributed by atoms with van der Waals surface area (Å²) in [6, 6.07) is 35.8. The predicted octanol–water partition coefficient (Wildman–Crippen LogP) is 5.06. The van der Waals surface area contributed by atoms with Crippen LogP contribution in [-0.2, 0) is 0 Å². The first-order chi connectivity index (χ1) is 14.7. The summed E-state index contributed by atoms with van der Waals surface area (Å²) < 4.78 is 2.25. The second kappa shape index (κ2) is 7.84. The Hall–Kier alpha value is -2.14. The van der Waals surface area contributed by atoms with E-state index >= 15 is 0 Å². The molecule has 1 heterocycles. The van der Waals surface area contributed by atoms with E-state index in [1.54, 1.807) is 0 Å². The summed E-state index contributed by atoms with van der Waals surface area (Å²) in [6.45, 7) is 3.16. The second-order valence-electron chi connectivity index (χ2n) is 7.55. The van der Waals surface area contributed by atoms with Gasteiger partial charge >= 0.3 is 0 Å². The lowest BCUT2D eigenvalue weighted by Gasteiger charge is -2.45. The normalized spacial score (nSPS) is 14.2. The Morgan fingerprint density at radius 1 is 0.633 bits per heavy atom. The Bertz CT molecular complexity index is 1110. The highest BCUT2D eigenvalue weighted by molar-refractivity contribution is 9.10. The van der Waals surface area contributed by atoms with E-state index in [1.165, 1.54) is 32.1 Å². The third-order valence-corrected chi connectivity index (χ3v) is 11.8. The van der Waals surface area contributed by atoms with E-state index in [1.807, 2.05) is 0 Å². The van der Waals surface area contributed by atoms with Crippen LogP contribution in [0.25, 0.3) is 0 Å². The molecule has 0 radical (unpaired) electrons. The van der Waals surface area contributed by atoms with Gasteiger partial charge in [0.1, 0.15) is 0 Å². The van der Waals surface area contributed by atoms with Crippen LogP contribution >= 0.6 is 31.9 Å². The SMILES string of the molecule is CCN1c2ccc(Br)cc2[Si](c2ccccc2)(c2ccccc2)c2cc(Br)ccc21. The van der Waals surface area contributed by atoms with Gasteiger partial charge in [-0.2, -0.15) is 0 Å². The van der Waals surface area contributed by atoms with E-state index < -0.39 is 8.07 Å². The Morgan fingerprint density at radius 2 is 1.07 bits per heavy atom. The lowest BCUT2D eigenvalue weighted by atomic mass is 10.2. The molecule has 4 aromatic rings. The molecule has 4 heteroatoms. The van der Waals surface area contributed by atoms with E-state index in [2.05, 4.69) is 141 Å². The first kappa shape index (κ1) is 19.8. The van der Waals surface area contributed by atoms with Crippen LogP contribution in [0.3, 0.4) is 0 Å². The number of anilines is 2. The molecule has 5 rings (SSSR count). The van der Waals surface area contributed by atoms with E-state index in [4.69, 9.17) is 0 Å². The molecule has 0 fully saturated rings. The van der Waals surface area contributed by atoms with Crippen LogP contribution in [0.2, 0.25) is 0 Å². The Kier molecular flexibility index (Phi) is 5.17. The number of fused-ring (bicyclic) bond motifs is 2. The van der Waals surface area contributed by atoms with Crippen molar-refractivity contribution in [3.63, 3.8) is 0 Å². The van der Waals surface area contributed by atoms with Gasteiger partial charge < -0.3 is 4.90 Å². The zero-order valence-corrected chi connectivity index (χ0v) is 20.8. The van der Waals surface area contributed by atoms with Gasteiger partial charge in [-0.1, -0.05) is 92.5 Å². The fourth-order valence-corrected chi connectivity index (χ4v) is 11.2. The minimum absolute atomic E-state index is 0.928. The zero-order chi connectivity index (χ0) is 20.7. The molecular weight excluding hydrogens is 514 g/mol. The van der Waals surface area contributed by atoms with Crippen molar-refractivity contribution in [3.8, 4) is 0 Å². The Balaban J connectivity index is 2.01. The molecule has 1 aliphatic heterocycles. The number of halogens is 2. The molecule has 1 nitrogen and oxygen atoms in total. The molecule has 0 unspecified atom stereocenters. The molecule has 0 aliphatic carbocycles. The molecule has 0 N–H and O–H groups in total. The van der Waals surface area contributed by atoms with Crippen LogP contribution in [0.4, 0.5) is 11.4 Å². The van der Waals surface area contributed by atoms with Crippen LogP contribution in [-0.4, -0.2) is 14.6 Å². The van der Waals surface area contributed by atoms with Crippen molar-refractivity contribution in [2.75, 3.05) is 11.4 Å². The summed E-state index contributed by atoms with van der Waals surface area (Å²) in [7, 11) is -2.50. The van der Waals surface area contributed by atoms with Gasteiger partial charge in [0, 0.05) is 26.9 Å². The maximum Gasteiger partial charge on any atom is 0.184 e. The Morgan fingerprint density at radius 3 is 1.47 bits per heavy atom. The summed E-state index contributed by atoms with van der Waals surface area (Å²) in [4.78, 5) is 2.46. The van der Waals surface area contributed by atoms with Gasteiger partial charge in [-0.05, 0) is 64.1 Å².